The van der Waals surface area contributed by atoms with E-state index in [4.69, 9.17) is 21.4 Å². The van der Waals surface area contributed by atoms with Gasteiger partial charge in [0.15, 0.2) is 0 Å². The summed E-state index contributed by atoms with van der Waals surface area (Å²) in [6.45, 7) is 4.45. The lowest BCUT2D eigenvalue weighted by Gasteiger charge is -2.12. The van der Waals surface area contributed by atoms with E-state index in [9.17, 15) is 4.79 Å². The van der Waals surface area contributed by atoms with Crippen LogP contribution in [-0.4, -0.2) is 17.7 Å². The molecule has 0 aromatic heterocycles. The molecule has 1 rings (SSSR count). The lowest BCUT2D eigenvalue weighted by Crippen LogP contribution is -2.05. The Labute approximate surface area is 100.0 Å². The largest absolute Gasteiger partial charge is 0.493 e. The zero-order valence-electron chi connectivity index (χ0n) is 9.42. The number of carbonyl (C=O) groups is 1. The van der Waals surface area contributed by atoms with Gasteiger partial charge in [0.25, 0.3) is 0 Å². The van der Waals surface area contributed by atoms with E-state index in [1.54, 1.807) is 6.07 Å². The summed E-state index contributed by atoms with van der Waals surface area (Å²) in [6, 6.07) is 3.57. The van der Waals surface area contributed by atoms with Gasteiger partial charge in [-0.25, -0.2) is 0 Å². The van der Waals surface area contributed by atoms with Gasteiger partial charge < -0.3 is 9.84 Å². The molecule has 0 aliphatic rings. The van der Waals surface area contributed by atoms with E-state index in [0.29, 0.717) is 22.9 Å². The van der Waals surface area contributed by atoms with Gasteiger partial charge in [0.1, 0.15) is 5.75 Å². The molecule has 0 saturated carbocycles. The van der Waals surface area contributed by atoms with Gasteiger partial charge in [-0.15, -0.1) is 0 Å². The predicted octanol–water partition coefficient (Wildman–Crippen LogP) is 3.06. The van der Waals surface area contributed by atoms with Gasteiger partial charge in [-0.1, -0.05) is 18.5 Å². The van der Waals surface area contributed by atoms with Crippen LogP contribution >= 0.6 is 11.6 Å². The van der Waals surface area contributed by atoms with Crippen molar-refractivity contribution in [1.82, 2.24) is 0 Å². The van der Waals surface area contributed by atoms with Crippen LogP contribution in [0.5, 0.6) is 5.75 Å². The normalized spacial score (nSPS) is 10.2. The Morgan fingerprint density at radius 2 is 2.19 bits per heavy atom. The van der Waals surface area contributed by atoms with Crippen molar-refractivity contribution >= 4 is 17.6 Å². The molecule has 1 N–H and O–H groups in total. The minimum atomic E-state index is -0.910. The van der Waals surface area contributed by atoms with Crippen LogP contribution in [0.4, 0.5) is 0 Å². The van der Waals surface area contributed by atoms with Crippen molar-refractivity contribution in [2.75, 3.05) is 6.61 Å². The molecular formula is C12H15ClO3. The lowest BCUT2D eigenvalue weighted by molar-refractivity contribution is -0.136. The molecule has 0 saturated heterocycles. The number of hydrogen-bond acceptors (Lipinski definition) is 2. The maximum absolute atomic E-state index is 10.7. The number of carboxylic acids is 1. The smallest absolute Gasteiger partial charge is 0.308 e. The quantitative estimate of drug-likeness (QED) is 0.863. The number of aryl methyl sites for hydroxylation is 1. The number of halogens is 1. The fraction of sp³-hybridized carbons (Fsp3) is 0.417. The number of ether oxygens (including phenoxy) is 1. The third-order valence-corrected chi connectivity index (χ3v) is 2.43. The summed E-state index contributed by atoms with van der Waals surface area (Å²) >= 11 is 6.01. The number of benzene rings is 1. The second kappa shape index (κ2) is 5.75. The Balaban J connectivity index is 3.05. The maximum atomic E-state index is 10.7. The van der Waals surface area contributed by atoms with Gasteiger partial charge in [0.2, 0.25) is 0 Å². The van der Waals surface area contributed by atoms with Crippen molar-refractivity contribution in [3.63, 3.8) is 0 Å². The molecule has 0 radical (unpaired) electrons. The second-order valence-corrected chi connectivity index (χ2v) is 4.05. The van der Waals surface area contributed by atoms with Crippen LogP contribution in [0.15, 0.2) is 12.1 Å². The summed E-state index contributed by atoms with van der Waals surface area (Å²) in [5, 5.41) is 9.25. The summed E-state index contributed by atoms with van der Waals surface area (Å²) in [4.78, 5) is 10.7. The van der Waals surface area contributed by atoms with Gasteiger partial charge in [-0.3, -0.25) is 4.79 Å². The SMILES string of the molecule is CCCOc1cc(C)cc(Cl)c1CC(=O)O. The standard InChI is InChI=1S/C12H15ClO3/c1-3-4-16-11-6-8(2)5-10(13)9(11)7-12(14)15/h5-6H,3-4,7H2,1-2H3,(H,14,15). The van der Waals surface area contributed by atoms with E-state index in [-0.39, 0.29) is 6.42 Å². The molecule has 0 aliphatic heterocycles. The van der Waals surface area contributed by atoms with Crippen LogP contribution in [-0.2, 0) is 11.2 Å². The molecule has 16 heavy (non-hydrogen) atoms. The van der Waals surface area contributed by atoms with Crippen LogP contribution in [0.2, 0.25) is 5.02 Å². The minimum Gasteiger partial charge on any atom is -0.493 e. The first-order chi connectivity index (χ1) is 7.54. The monoisotopic (exact) mass is 242 g/mol. The average Bonchev–Trinajstić information content (AvgIpc) is 2.19. The van der Waals surface area contributed by atoms with Gasteiger partial charge in [-0.05, 0) is 31.0 Å². The highest BCUT2D eigenvalue weighted by Crippen LogP contribution is 2.29. The summed E-state index contributed by atoms with van der Waals surface area (Å²) < 4.78 is 5.50. The number of rotatable bonds is 5. The van der Waals surface area contributed by atoms with Crippen molar-refractivity contribution in [1.29, 1.82) is 0 Å². The molecule has 0 amide bonds. The molecule has 1 aromatic rings. The second-order valence-electron chi connectivity index (χ2n) is 3.64. The van der Waals surface area contributed by atoms with E-state index >= 15 is 0 Å². The number of hydrogen-bond donors (Lipinski definition) is 1. The van der Waals surface area contributed by atoms with E-state index in [2.05, 4.69) is 0 Å². The Kier molecular flexibility index (Phi) is 4.62. The topological polar surface area (TPSA) is 46.5 Å². The predicted molar refractivity (Wildman–Crippen MR) is 63.3 cm³/mol. The van der Waals surface area contributed by atoms with Crippen molar-refractivity contribution < 1.29 is 14.6 Å². The summed E-state index contributed by atoms with van der Waals surface area (Å²) in [5.41, 5.74) is 1.51. The zero-order valence-corrected chi connectivity index (χ0v) is 10.2. The van der Waals surface area contributed by atoms with E-state index < -0.39 is 5.97 Å². The molecule has 0 atom stereocenters. The van der Waals surface area contributed by atoms with Crippen molar-refractivity contribution in [2.24, 2.45) is 0 Å². The average molecular weight is 243 g/mol. The summed E-state index contributed by atoms with van der Waals surface area (Å²) in [6.07, 6.45) is 0.760. The van der Waals surface area contributed by atoms with E-state index in [0.717, 1.165) is 12.0 Å². The molecule has 0 aliphatic carbocycles. The van der Waals surface area contributed by atoms with E-state index in [1.165, 1.54) is 0 Å². The van der Waals surface area contributed by atoms with E-state index in [1.807, 2.05) is 19.9 Å². The lowest BCUT2D eigenvalue weighted by atomic mass is 10.1. The van der Waals surface area contributed by atoms with Gasteiger partial charge in [0.05, 0.1) is 13.0 Å². The molecular weight excluding hydrogens is 228 g/mol. The van der Waals surface area contributed by atoms with Crippen molar-refractivity contribution in [3.05, 3.63) is 28.3 Å². The Bertz CT molecular complexity index is 388. The minimum absolute atomic E-state index is 0.113. The molecule has 0 bridgehead atoms. The third-order valence-electron chi connectivity index (χ3n) is 2.09. The highest BCUT2D eigenvalue weighted by Gasteiger charge is 2.13. The molecule has 4 heteroatoms. The third kappa shape index (κ3) is 3.42. The Hall–Kier alpha value is -1.22. The summed E-state index contributed by atoms with van der Waals surface area (Å²) in [5.74, 6) is -0.332. The Morgan fingerprint density at radius 3 is 2.75 bits per heavy atom. The van der Waals surface area contributed by atoms with Crippen molar-refractivity contribution in [2.45, 2.75) is 26.7 Å². The molecule has 0 unspecified atom stereocenters. The van der Waals surface area contributed by atoms with Crippen molar-refractivity contribution in [3.8, 4) is 5.75 Å². The maximum Gasteiger partial charge on any atom is 0.308 e. The zero-order chi connectivity index (χ0) is 12.1. The number of aliphatic carboxylic acids is 1. The Morgan fingerprint density at radius 1 is 1.50 bits per heavy atom. The fourth-order valence-electron chi connectivity index (χ4n) is 1.40. The highest BCUT2D eigenvalue weighted by atomic mass is 35.5. The first-order valence-corrected chi connectivity index (χ1v) is 5.56. The molecule has 1 aromatic carbocycles. The summed E-state index contributed by atoms with van der Waals surface area (Å²) in [7, 11) is 0. The molecule has 88 valence electrons. The van der Waals surface area contributed by atoms with Crippen LogP contribution < -0.4 is 4.74 Å². The molecule has 0 heterocycles. The van der Waals surface area contributed by atoms with Crippen LogP contribution in [0.3, 0.4) is 0 Å². The van der Waals surface area contributed by atoms with Gasteiger partial charge in [0, 0.05) is 10.6 Å². The van der Waals surface area contributed by atoms with Gasteiger partial charge in [-0.2, -0.15) is 0 Å². The van der Waals surface area contributed by atoms with Crippen LogP contribution in [0.25, 0.3) is 0 Å². The molecule has 0 spiro atoms. The molecule has 3 nitrogen and oxygen atoms in total. The van der Waals surface area contributed by atoms with Crippen LogP contribution in [0, 0.1) is 6.92 Å². The highest BCUT2D eigenvalue weighted by molar-refractivity contribution is 6.31. The van der Waals surface area contributed by atoms with Gasteiger partial charge >= 0.3 is 5.97 Å². The first kappa shape index (κ1) is 12.8. The molecule has 0 fully saturated rings. The fourth-order valence-corrected chi connectivity index (χ4v) is 1.74. The van der Waals surface area contributed by atoms with Crippen LogP contribution in [0.1, 0.15) is 24.5 Å². The first-order valence-electron chi connectivity index (χ1n) is 5.18. The number of carboxylic acid groups (broad SMARTS) is 1.